The molecule has 0 aliphatic carbocycles. The Morgan fingerprint density at radius 3 is 1.60 bits per heavy atom. The van der Waals surface area contributed by atoms with Crippen molar-refractivity contribution in [3.05, 3.63) is 97.2 Å². The zero-order valence-electron chi connectivity index (χ0n) is 37.4. The van der Waals surface area contributed by atoms with Crippen LogP contribution in [-0.2, 0) is 14.3 Å². The van der Waals surface area contributed by atoms with Crippen molar-refractivity contribution in [2.45, 2.75) is 204 Å². The number of nitrogens with one attached hydrogen (secondary N) is 1. The molecule has 0 aromatic rings. The van der Waals surface area contributed by atoms with Crippen LogP contribution in [0.1, 0.15) is 162 Å². The van der Waals surface area contributed by atoms with Gasteiger partial charge in [-0.2, -0.15) is 0 Å². The minimum atomic E-state index is -1.59. The number of ether oxygens (including phenoxy) is 2. The summed E-state index contributed by atoms with van der Waals surface area (Å²) in [6.07, 6.45) is 50.2. The average Bonchev–Trinajstić information content (AvgIpc) is 3.25. The normalized spacial score (nSPS) is 21.5. The molecule has 0 aromatic heterocycles. The number of unbranched alkanes of at least 4 members (excludes halogenated alkanes) is 13. The van der Waals surface area contributed by atoms with Gasteiger partial charge in [-0.1, -0.05) is 162 Å². The van der Waals surface area contributed by atoms with Gasteiger partial charge in [-0.05, 0) is 89.9 Å². The van der Waals surface area contributed by atoms with Gasteiger partial charge in [0.1, 0.15) is 24.4 Å². The molecule has 1 heterocycles. The Bertz CT molecular complexity index is 1250. The summed E-state index contributed by atoms with van der Waals surface area (Å²) < 4.78 is 11.2. The molecule has 60 heavy (non-hydrogen) atoms. The summed E-state index contributed by atoms with van der Waals surface area (Å²) in [6, 6.07) is -0.851. The molecule has 0 radical (unpaired) electrons. The predicted octanol–water partition coefficient (Wildman–Crippen LogP) is 10.1. The van der Waals surface area contributed by atoms with Gasteiger partial charge >= 0.3 is 0 Å². The Kier molecular flexibility index (Phi) is 36.9. The molecule has 1 saturated heterocycles. The van der Waals surface area contributed by atoms with Gasteiger partial charge in [-0.3, -0.25) is 4.79 Å². The number of aliphatic hydroxyl groups is 5. The monoisotopic (exact) mass is 840 g/mol. The highest BCUT2D eigenvalue weighted by Crippen LogP contribution is 2.22. The van der Waals surface area contributed by atoms with E-state index in [1.165, 1.54) is 51.4 Å². The molecule has 1 aliphatic rings. The fourth-order valence-electron chi connectivity index (χ4n) is 6.62. The third-order valence-electron chi connectivity index (χ3n) is 10.4. The maximum absolute atomic E-state index is 13.0. The number of carbonyl (C=O) groups is 1. The smallest absolute Gasteiger partial charge is 0.220 e. The first kappa shape index (κ1) is 55.1. The SMILES string of the molecule is CC/C=C\C/C=C\C/C=C\C/C=C\C/C=C\CCCCCC(=O)NC(COC1OC(CO)C(O)C(O)C1O)C(O)/C=C/CC/C=C/CC/C=C/CCCCCCCCCC. The molecule has 0 spiro atoms. The third kappa shape index (κ3) is 30.2. The lowest BCUT2D eigenvalue weighted by molar-refractivity contribution is -0.302. The van der Waals surface area contributed by atoms with E-state index in [-0.39, 0.29) is 18.9 Å². The van der Waals surface area contributed by atoms with Crippen LogP contribution in [0.2, 0.25) is 0 Å². The number of allylic oxidation sites excluding steroid dienone is 15. The van der Waals surface area contributed by atoms with E-state index in [0.29, 0.717) is 12.8 Å². The lowest BCUT2D eigenvalue weighted by Crippen LogP contribution is -2.60. The summed E-state index contributed by atoms with van der Waals surface area (Å²) >= 11 is 0. The molecule has 9 nitrogen and oxygen atoms in total. The van der Waals surface area contributed by atoms with Crippen LogP contribution < -0.4 is 5.32 Å². The van der Waals surface area contributed by atoms with Gasteiger partial charge in [0, 0.05) is 6.42 Å². The van der Waals surface area contributed by atoms with Crippen molar-refractivity contribution in [2.75, 3.05) is 13.2 Å². The highest BCUT2D eigenvalue weighted by Gasteiger charge is 2.44. The van der Waals surface area contributed by atoms with Crippen molar-refractivity contribution in [3.8, 4) is 0 Å². The number of hydrogen-bond donors (Lipinski definition) is 6. The minimum absolute atomic E-state index is 0.226. The Morgan fingerprint density at radius 1 is 0.583 bits per heavy atom. The van der Waals surface area contributed by atoms with Gasteiger partial charge < -0.3 is 40.3 Å². The van der Waals surface area contributed by atoms with Crippen molar-refractivity contribution >= 4 is 5.91 Å². The molecule has 1 rings (SSSR count). The van der Waals surface area contributed by atoms with Gasteiger partial charge in [0.25, 0.3) is 0 Å². The van der Waals surface area contributed by atoms with Crippen molar-refractivity contribution in [1.82, 2.24) is 5.32 Å². The highest BCUT2D eigenvalue weighted by atomic mass is 16.7. The maximum Gasteiger partial charge on any atom is 0.220 e. The molecule has 0 bridgehead atoms. The van der Waals surface area contributed by atoms with Crippen LogP contribution in [0.15, 0.2) is 97.2 Å². The molecule has 1 aliphatic heterocycles. The van der Waals surface area contributed by atoms with E-state index >= 15 is 0 Å². The van der Waals surface area contributed by atoms with Crippen molar-refractivity contribution in [3.63, 3.8) is 0 Å². The Morgan fingerprint density at radius 2 is 1.05 bits per heavy atom. The first-order valence-corrected chi connectivity index (χ1v) is 23.5. The molecule has 0 saturated carbocycles. The summed E-state index contributed by atoms with van der Waals surface area (Å²) in [7, 11) is 0. The molecule has 342 valence electrons. The van der Waals surface area contributed by atoms with Crippen LogP contribution in [0.25, 0.3) is 0 Å². The highest BCUT2D eigenvalue weighted by molar-refractivity contribution is 5.76. The molecule has 1 amide bonds. The summed E-state index contributed by atoms with van der Waals surface area (Å²) in [4.78, 5) is 13.0. The van der Waals surface area contributed by atoms with E-state index in [2.05, 4.69) is 104 Å². The second-order valence-corrected chi connectivity index (χ2v) is 15.8. The second kappa shape index (κ2) is 40.2. The number of hydrogen-bond acceptors (Lipinski definition) is 8. The summed E-state index contributed by atoms with van der Waals surface area (Å²) in [6.45, 7) is 3.59. The third-order valence-corrected chi connectivity index (χ3v) is 10.4. The molecule has 0 aromatic carbocycles. The standard InChI is InChI=1S/C51H85NO8/c1-3-5-7-9-11-13-15-17-19-21-23-25-27-29-31-33-35-37-39-41-47(55)52-44(43-59-51-50(58)49(57)48(56)46(42-53)60-51)45(54)40-38-36-34-32-30-28-26-24-22-20-18-16-14-12-10-8-6-4-2/h5,7,11,13,17,19,22-25,29-32,38,40,44-46,48-51,53-54,56-58H,3-4,6,8-10,12,14-16,18,20-21,26-28,33-37,39,41-43H2,1-2H3,(H,52,55)/b7-5-,13-11-,19-17-,24-22+,25-23-,31-29-,32-30+,40-38+. The number of amides is 1. The summed E-state index contributed by atoms with van der Waals surface area (Å²) in [5.74, 6) is -0.227. The fourth-order valence-corrected chi connectivity index (χ4v) is 6.62. The number of rotatable bonds is 37. The summed E-state index contributed by atoms with van der Waals surface area (Å²) in [5.41, 5.74) is 0. The fraction of sp³-hybridized carbons (Fsp3) is 0.667. The minimum Gasteiger partial charge on any atom is -0.394 e. The topological polar surface area (TPSA) is 149 Å². The van der Waals surface area contributed by atoms with Gasteiger partial charge in [-0.25, -0.2) is 0 Å². The van der Waals surface area contributed by atoms with Crippen molar-refractivity contribution in [2.24, 2.45) is 0 Å². The molecule has 1 fully saturated rings. The van der Waals surface area contributed by atoms with E-state index < -0.39 is 49.5 Å². The first-order valence-electron chi connectivity index (χ1n) is 23.5. The van der Waals surface area contributed by atoms with Crippen LogP contribution >= 0.6 is 0 Å². The zero-order valence-corrected chi connectivity index (χ0v) is 37.4. The van der Waals surface area contributed by atoms with Crippen molar-refractivity contribution in [1.29, 1.82) is 0 Å². The lowest BCUT2D eigenvalue weighted by Gasteiger charge is -2.40. The van der Waals surface area contributed by atoms with Gasteiger partial charge in [0.15, 0.2) is 6.29 Å². The van der Waals surface area contributed by atoms with E-state index in [1.54, 1.807) is 6.08 Å². The number of carbonyl (C=O) groups excluding carboxylic acids is 1. The lowest BCUT2D eigenvalue weighted by atomic mass is 9.99. The zero-order chi connectivity index (χ0) is 43.7. The van der Waals surface area contributed by atoms with Gasteiger partial charge in [-0.15, -0.1) is 0 Å². The quantitative estimate of drug-likeness (QED) is 0.0268. The van der Waals surface area contributed by atoms with E-state index in [9.17, 15) is 30.3 Å². The molecule has 7 unspecified atom stereocenters. The second-order valence-electron chi connectivity index (χ2n) is 15.8. The average molecular weight is 840 g/mol. The Labute approximate surface area is 364 Å². The van der Waals surface area contributed by atoms with E-state index in [4.69, 9.17) is 9.47 Å². The van der Waals surface area contributed by atoms with Gasteiger partial charge in [0.05, 0.1) is 25.4 Å². The molecule has 6 N–H and O–H groups in total. The largest absolute Gasteiger partial charge is 0.394 e. The Hall–Kier alpha value is -2.89. The predicted molar refractivity (Wildman–Crippen MR) is 248 cm³/mol. The van der Waals surface area contributed by atoms with Crippen LogP contribution in [0.5, 0.6) is 0 Å². The van der Waals surface area contributed by atoms with E-state index in [1.807, 2.05) is 6.08 Å². The van der Waals surface area contributed by atoms with Crippen LogP contribution in [0, 0.1) is 0 Å². The first-order chi connectivity index (χ1) is 29.3. The van der Waals surface area contributed by atoms with Crippen LogP contribution in [0.3, 0.4) is 0 Å². The van der Waals surface area contributed by atoms with Crippen LogP contribution in [-0.4, -0.2) is 87.5 Å². The summed E-state index contributed by atoms with van der Waals surface area (Å²) in [5, 5.41) is 54.2. The maximum atomic E-state index is 13.0. The molecule has 7 atom stereocenters. The van der Waals surface area contributed by atoms with Gasteiger partial charge in [0.2, 0.25) is 5.91 Å². The van der Waals surface area contributed by atoms with Crippen molar-refractivity contribution < 1.29 is 39.8 Å². The number of aliphatic hydroxyl groups excluding tert-OH is 5. The molecular formula is C51H85NO8. The molecule has 9 heteroatoms. The molecular weight excluding hydrogens is 755 g/mol. The van der Waals surface area contributed by atoms with Crippen LogP contribution in [0.4, 0.5) is 0 Å². The van der Waals surface area contributed by atoms with E-state index in [0.717, 1.165) is 77.0 Å². The Balaban J connectivity index is 2.43.